The summed E-state index contributed by atoms with van der Waals surface area (Å²) in [4.78, 5) is 11.2. The van der Waals surface area contributed by atoms with Gasteiger partial charge in [0.15, 0.2) is 0 Å². The summed E-state index contributed by atoms with van der Waals surface area (Å²) in [5, 5.41) is 33.1. The van der Waals surface area contributed by atoms with Crippen molar-refractivity contribution < 1.29 is 28.5 Å². The average Bonchev–Trinajstić information content (AvgIpc) is 2.77. The second kappa shape index (κ2) is 10.5. The fraction of sp³-hybridized carbons (Fsp3) is 0.208. The Morgan fingerprint density at radius 1 is 0.970 bits per heavy atom. The molecule has 0 radical (unpaired) electrons. The molecular formula is C24H26N2O6S. The number of nitrogens with one attached hydrogen (secondary N) is 2. The summed E-state index contributed by atoms with van der Waals surface area (Å²) in [6.45, 7) is 0.140. The highest BCUT2D eigenvalue weighted by Gasteiger charge is 2.17. The zero-order valence-electron chi connectivity index (χ0n) is 18.0. The second-order valence-electron chi connectivity index (χ2n) is 7.74. The average molecular weight is 471 g/mol. The van der Waals surface area contributed by atoms with Crippen molar-refractivity contribution in [1.82, 2.24) is 5.32 Å². The Bertz CT molecular complexity index is 1200. The molecular weight excluding hydrogens is 444 g/mol. The number of sulfonamides is 1. The SMILES string of the molecule is CS(=O)(=O)Nc1cc([C@@H](O)CN[C@H](Cc2ccccc2)c2ccc(C(=O)O)cc2)ccc1O. The molecule has 33 heavy (non-hydrogen) atoms. The van der Waals surface area contributed by atoms with Crippen molar-refractivity contribution in [3.63, 3.8) is 0 Å². The van der Waals surface area contributed by atoms with Gasteiger partial charge in [0.05, 0.1) is 23.6 Å². The number of anilines is 1. The van der Waals surface area contributed by atoms with Crippen molar-refractivity contribution in [3.05, 3.63) is 95.1 Å². The van der Waals surface area contributed by atoms with Crippen LogP contribution in [0.1, 0.15) is 39.2 Å². The van der Waals surface area contributed by atoms with Gasteiger partial charge in [0.1, 0.15) is 5.75 Å². The molecule has 0 unspecified atom stereocenters. The van der Waals surface area contributed by atoms with Crippen molar-refractivity contribution in [2.75, 3.05) is 17.5 Å². The quantitative estimate of drug-likeness (QED) is 0.287. The molecule has 0 aliphatic heterocycles. The molecule has 0 bridgehead atoms. The minimum absolute atomic E-state index is 0.0147. The van der Waals surface area contributed by atoms with Crippen LogP contribution in [0.25, 0.3) is 0 Å². The number of aromatic carboxylic acids is 1. The van der Waals surface area contributed by atoms with Crippen molar-refractivity contribution >= 4 is 21.7 Å². The first-order valence-corrected chi connectivity index (χ1v) is 12.1. The molecule has 0 heterocycles. The van der Waals surface area contributed by atoms with Gasteiger partial charge in [0.25, 0.3) is 0 Å². The molecule has 0 fully saturated rings. The van der Waals surface area contributed by atoms with Crippen LogP contribution in [0.4, 0.5) is 5.69 Å². The Kier molecular flexibility index (Phi) is 7.70. The summed E-state index contributed by atoms with van der Waals surface area (Å²) in [7, 11) is -3.60. The van der Waals surface area contributed by atoms with Crippen LogP contribution in [0.15, 0.2) is 72.8 Å². The molecule has 8 nitrogen and oxygen atoms in total. The van der Waals surface area contributed by atoms with E-state index in [0.29, 0.717) is 12.0 Å². The Hall–Kier alpha value is -3.40. The molecule has 0 aliphatic carbocycles. The van der Waals surface area contributed by atoms with E-state index in [1.807, 2.05) is 30.3 Å². The van der Waals surface area contributed by atoms with Crippen LogP contribution in [-0.4, -0.2) is 42.5 Å². The standard InChI is InChI=1S/C24H26N2O6S/c1-33(31,32)26-21-14-19(11-12-22(21)27)23(28)15-25-20(13-16-5-3-2-4-6-16)17-7-9-18(10-8-17)24(29)30/h2-12,14,20,23,25-28H,13,15H2,1H3,(H,29,30)/t20-,23+/m1/s1. The highest BCUT2D eigenvalue weighted by atomic mass is 32.2. The molecule has 0 saturated carbocycles. The third-order valence-electron chi connectivity index (χ3n) is 5.10. The van der Waals surface area contributed by atoms with Crippen molar-refractivity contribution in [3.8, 4) is 5.75 Å². The van der Waals surface area contributed by atoms with Crippen LogP contribution < -0.4 is 10.0 Å². The van der Waals surface area contributed by atoms with E-state index in [9.17, 15) is 23.4 Å². The molecule has 0 aliphatic rings. The van der Waals surface area contributed by atoms with Crippen LogP contribution in [0.3, 0.4) is 0 Å². The van der Waals surface area contributed by atoms with Crippen molar-refractivity contribution in [2.45, 2.75) is 18.6 Å². The third kappa shape index (κ3) is 7.04. The zero-order valence-corrected chi connectivity index (χ0v) is 18.8. The number of aliphatic hydroxyl groups is 1. The lowest BCUT2D eigenvalue weighted by molar-refractivity contribution is 0.0697. The highest BCUT2D eigenvalue weighted by Crippen LogP contribution is 2.28. The fourth-order valence-electron chi connectivity index (χ4n) is 3.43. The lowest BCUT2D eigenvalue weighted by atomic mass is 9.97. The van der Waals surface area contributed by atoms with Gasteiger partial charge in [-0.15, -0.1) is 0 Å². The van der Waals surface area contributed by atoms with E-state index < -0.39 is 22.1 Å². The lowest BCUT2D eigenvalue weighted by Crippen LogP contribution is -2.28. The molecule has 174 valence electrons. The van der Waals surface area contributed by atoms with Gasteiger partial charge in [0.2, 0.25) is 10.0 Å². The Balaban J connectivity index is 1.78. The van der Waals surface area contributed by atoms with Crippen LogP contribution >= 0.6 is 0 Å². The Morgan fingerprint density at radius 3 is 2.21 bits per heavy atom. The fourth-order valence-corrected chi connectivity index (χ4v) is 3.99. The third-order valence-corrected chi connectivity index (χ3v) is 5.69. The van der Waals surface area contributed by atoms with Crippen LogP contribution in [-0.2, 0) is 16.4 Å². The predicted octanol–water partition coefficient (Wildman–Crippen LogP) is 3.07. The van der Waals surface area contributed by atoms with Gasteiger partial charge in [0, 0.05) is 12.6 Å². The number of phenols is 1. The first kappa shape index (κ1) is 24.2. The topological polar surface area (TPSA) is 136 Å². The summed E-state index contributed by atoms with van der Waals surface area (Å²) >= 11 is 0. The van der Waals surface area contributed by atoms with Gasteiger partial charge in [-0.2, -0.15) is 0 Å². The minimum Gasteiger partial charge on any atom is -0.506 e. The number of hydrogen-bond donors (Lipinski definition) is 5. The minimum atomic E-state index is -3.60. The van der Waals surface area contributed by atoms with E-state index in [1.54, 1.807) is 12.1 Å². The van der Waals surface area contributed by atoms with Crippen LogP contribution in [0.2, 0.25) is 0 Å². The lowest BCUT2D eigenvalue weighted by Gasteiger charge is -2.22. The van der Waals surface area contributed by atoms with E-state index in [-0.39, 0.29) is 29.6 Å². The van der Waals surface area contributed by atoms with E-state index >= 15 is 0 Å². The molecule has 5 N–H and O–H groups in total. The monoisotopic (exact) mass is 470 g/mol. The highest BCUT2D eigenvalue weighted by molar-refractivity contribution is 7.92. The molecule has 2 atom stereocenters. The zero-order chi connectivity index (χ0) is 24.0. The summed E-state index contributed by atoms with van der Waals surface area (Å²) in [6, 6.07) is 20.3. The van der Waals surface area contributed by atoms with Gasteiger partial charge in [-0.05, 0) is 47.4 Å². The van der Waals surface area contributed by atoms with Gasteiger partial charge in [-0.1, -0.05) is 48.5 Å². The maximum absolute atomic E-state index is 11.5. The number of phenolic OH excluding ortho intramolecular Hbond substituents is 1. The summed E-state index contributed by atoms with van der Waals surface area (Å²) in [6.07, 6.45) is 0.597. The predicted molar refractivity (Wildman–Crippen MR) is 126 cm³/mol. The van der Waals surface area contributed by atoms with Crippen LogP contribution in [0, 0.1) is 0 Å². The maximum atomic E-state index is 11.5. The number of rotatable bonds is 10. The Morgan fingerprint density at radius 2 is 1.61 bits per heavy atom. The molecule has 0 saturated heterocycles. The Labute approximate surface area is 192 Å². The molecule has 0 spiro atoms. The molecule has 0 aromatic heterocycles. The van der Waals surface area contributed by atoms with Crippen molar-refractivity contribution in [2.24, 2.45) is 0 Å². The van der Waals surface area contributed by atoms with Gasteiger partial charge in [-0.3, -0.25) is 4.72 Å². The number of carboxylic acids is 1. The van der Waals surface area contributed by atoms with Gasteiger partial charge >= 0.3 is 5.97 Å². The van der Waals surface area contributed by atoms with E-state index in [4.69, 9.17) is 5.11 Å². The maximum Gasteiger partial charge on any atom is 0.335 e. The number of hydrogen-bond acceptors (Lipinski definition) is 6. The molecule has 3 aromatic rings. The normalized spacial score (nSPS) is 13.3. The van der Waals surface area contributed by atoms with Crippen LogP contribution in [0.5, 0.6) is 5.75 Å². The first-order chi connectivity index (χ1) is 15.6. The summed E-state index contributed by atoms with van der Waals surface area (Å²) in [5.41, 5.74) is 2.52. The molecule has 3 rings (SSSR count). The van der Waals surface area contributed by atoms with Gasteiger partial charge in [-0.25, -0.2) is 13.2 Å². The number of carbonyl (C=O) groups is 1. The number of benzene rings is 3. The smallest absolute Gasteiger partial charge is 0.335 e. The molecule has 3 aromatic carbocycles. The van der Waals surface area contributed by atoms with E-state index in [0.717, 1.165) is 17.4 Å². The van der Waals surface area contributed by atoms with Gasteiger partial charge < -0.3 is 20.6 Å². The van der Waals surface area contributed by atoms with E-state index in [2.05, 4.69) is 10.0 Å². The summed E-state index contributed by atoms with van der Waals surface area (Å²) in [5.74, 6) is -1.25. The summed E-state index contributed by atoms with van der Waals surface area (Å²) < 4.78 is 25.2. The number of aliphatic hydroxyl groups excluding tert-OH is 1. The van der Waals surface area contributed by atoms with E-state index in [1.165, 1.54) is 30.3 Å². The number of aromatic hydroxyl groups is 1. The number of carboxylic acid groups (broad SMARTS) is 1. The van der Waals surface area contributed by atoms with Crippen molar-refractivity contribution in [1.29, 1.82) is 0 Å². The second-order valence-corrected chi connectivity index (χ2v) is 9.49. The first-order valence-electron chi connectivity index (χ1n) is 10.2. The molecule has 0 amide bonds. The molecule has 9 heteroatoms. The largest absolute Gasteiger partial charge is 0.506 e.